The zero-order valence-electron chi connectivity index (χ0n) is 15.8. The monoisotopic (exact) mass is 377 g/mol. The van der Waals surface area contributed by atoms with E-state index in [1.54, 1.807) is 12.1 Å². The van der Waals surface area contributed by atoms with E-state index in [-0.39, 0.29) is 24.1 Å². The van der Waals surface area contributed by atoms with Crippen molar-refractivity contribution in [1.82, 2.24) is 4.90 Å². The third-order valence-electron chi connectivity index (χ3n) is 5.49. The Labute approximate surface area is 164 Å². The van der Waals surface area contributed by atoms with Crippen LogP contribution >= 0.6 is 0 Å². The molecular weight excluding hydrogens is 354 g/mol. The minimum absolute atomic E-state index is 0.0670. The van der Waals surface area contributed by atoms with E-state index in [0.29, 0.717) is 12.2 Å². The molecule has 0 saturated carbocycles. The van der Waals surface area contributed by atoms with Gasteiger partial charge in [-0.3, -0.25) is 4.90 Å². The van der Waals surface area contributed by atoms with Crippen LogP contribution in [0, 0.1) is 0 Å². The van der Waals surface area contributed by atoms with Gasteiger partial charge in [0.1, 0.15) is 6.61 Å². The van der Waals surface area contributed by atoms with Gasteiger partial charge in [-0.1, -0.05) is 48.5 Å². The fourth-order valence-corrected chi connectivity index (χ4v) is 4.06. The van der Waals surface area contributed by atoms with Crippen molar-refractivity contribution in [2.24, 2.45) is 0 Å². The van der Waals surface area contributed by atoms with Gasteiger partial charge < -0.3 is 9.47 Å². The molecule has 0 aliphatic carbocycles. The van der Waals surface area contributed by atoms with Crippen molar-refractivity contribution in [1.29, 1.82) is 0 Å². The molecule has 2 unspecified atom stereocenters. The summed E-state index contributed by atoms with van der Waals surface area (Å²) in [4.78, 5) is 26.1. The summed E-state index contributed by atoms with van der Waals surface area (Å²) in [6.45, 7) is 0.293. The van der Waals surface area contributed by atoms with Crippen molar-refractivity contribution in [3.63, 3.8) is 0 Å². The number of amides is 1. The maximum Gasteiger partial charge on any atom is 0.410 e. The molecule has 0 aromatic heterocycles. The van der Waals surface area contributed by atoms with Gasteiger partial charge >= 0.3 is 12.1 Å². The van der Waals surface area contributed by atoms with Crippen LogP contribution in [0.4, 0.5) is 4.79 Å². The van der Waals surface area contributed by atoms with Crippen LogP contribution in [0.15, 0.2) is 60.7 Å². The Hall–Kier alpha value is -3.08. The molecule has 2 aliphatic heterocycles. The van der Waals surface area contributed by atoms with Gasteiger partial charge in [-0.2, -0.15) is 0 Å². The van der Waals surface area contributed by atoms with Gasteiger partial charge in [0.05, 0.1) is 18.7 Å². The molecule has 2 aromatic rings. The zero-order chi connectivity index (χ0) is 19.5. The lowest BCUT2D eigenvalue weighted by atomic mass is 9.94. The summed E-state index contributed by atoms with van der Waals surface area (Å²) in [6, 6.07) is 17.4. The van der Waals surface area contributed by atoms with Crippen LogP contribution in [-0.2, 0) is 16.1 Å². The summed E-state index contributed by atoms with van der Waals surface area (Å²) in [5, 5.41) is 0. The van der Waals surface area contributed by atoms with E-state index in [4.69, 9.17) is 9.47 Å². The number of esters is 1. The van der Waals surface area contributed by atoms with Crippen LogP contribution in [0.25, 0.3) is 5.57 Å². The molecule has 0 radical (unpaired) electrons. The van der Waals surface area contributed by atoms with E-state index in [1.807, 2.05) is 47.4 Å². The van der Waals surface area contributed by atoms with E-state index in [2.05, 4.69) is 6.08 Å². The summed E-state index contributed by atoms with van der Waals surface area (Å²) in [7, 11) is 1.38. The molecule has 4 rings (SSSR count). The minimum atomic E-state index is -0.337. The lowest BCUT2D eigenvalue weighted by Crippen LogP contribution is -2.43. The van der Waals surface area contributed by atoms with Gasteiger partial charge in [-0.15, -0.1) is 0 Å². The first kappa shape index (κ1) is 18.3. The topological polar surface area (TPSA) is 55.8 Å². The number of carbonyl (C=O) groups excluding carboxylic acids is 2. The largest absolute Gasteiger partial charge is 0.465 e. The maximum atomic E-state index is 12.7. The van der Waals surface area contributed by atoms with Crippen molar-refractivity contribution in [3.05, 3.63) is 77.4 Å². The Kier molecular flexibility index (Phi) is 5.15. The molecule has 5 heteroatoms. The number of ether oxygens (including phenoxy) is 2. The van der Waals surface area contributed by atoms with Crippen LogP contribution in [0.3, 0.4) is 0 Å². The third kappa shape index (κ3) is 3.65. The number of methoxy groups -OCH3 is 1. The Morgan fingerprint density at radius 3 is 2.46 bits per heavy atom. The summed E-state index contributed by atoms with van der Waals surface area (Å²) >= 11 is 0. The Bertz CT molecular complexity index is 889. The van der Waals surface area contributed by atoms with E-state index >= 15 is 0 Å². The smallest absolute Gasteiger partial charge is 0.410 e. The lowest BCUT2D eigenvalue weighted by Gasteiger charge is -2.33. The zero-order valence-corrected chi connectivity index (χ0v) is 15.8. The van der Waals surface area contributed by atoms with E-state index in [1.165, 1.54) is 12.7 Å². The predicted molar refractivity (Wildman–Crippen MR) is 106 cm³/mol. The summed E-state index contributed by atoms with van der Waals surface area (Å²) < 4.78 is 10.3. The highest BCUT2D eigenvalue weighted by atomic mass is 16.6. The van der Waals surface area contributed by atoms with Crippen molar-refractivity contribution in [2.75, 3.05) is 7.11 Å². The SMILES string of the molecule is COC(=O)c1ccc(C2=CC3CCC(C2)N3C(=O)OCc2ccccc2)cc1. The molecule has 2 atom stereocenters. The van der Waals surface area contributed by atoms with Crippen molar-refractivity contribution < 1.29 is 19.1 Å². The second-order valence-electron chi connectivity index (χ2n) is 7.21. The van der Waals surface area contributed by atoms with Gasteiger partial charge in [0.15, 0.2) is 0 Å². The average Bonchev–Trinajstić information content (AvgIpc) is 3.01. The number of fused-ring (bicyclic) bond motifs is 2. The van der Waals surface area contributed by atoms with Gasteiger partial charge in [0.25, 0.3) is 0 Å². The maximum absolute atomic E-state index is 12.7. The average molecular weight is 377 g/mol. The number of rotatable bonds is 4. The van der Waals surface area contributed by atoms with Crippen molar-refractivity contribution in [2.45, 2.75) is 38.0 Å². The molecule has 5 nitrogen and oxygen atoms in total. The molecule has 1 fully saturated rings. The first-order valence-electron chi connectivity index (χ1n) is 9.54. The highest BCUT2D eigenvalue weighted by Crippen LogP contribution is 2.39. The van der Waals surface area contributed by atoms with Gasteiger partial charge in [-0.05, 0) is 48.1 Å². The van der Waals surface area contributed by atoms with Crippen LogP contribution in [0.1, 0.15) is 40.7 Å². The Balaban J connectivity index is 1.44. The highest BCUT2D eigenvalue weighted by Gasteiger charge is 2.40. The molecule has 2 heterocycles. The third-order valence-corrected chi connectivity index (χ3v) is 5.49. The van der Waals surface area contributed by atoms with Crippen LogP contribution in [0.5, 0.6) is 0 Å². The minimum Gasteiger partial charge on any atom is -0.465 e. The summed E-state index contributed by atoms with van der Waals surface area (Å²) in [6.07, 6.45) is 4.66. The van der Waals surface area contributed by atoms with Gasteiger partial charge in [0, 0.05) is 6.04 Å². The standard InChI is InChI=1S/C23H23NO4/c1-27-22(25)18-9-7-17(8-10-18)19-13-20-11-12-21(14-19)24(20)23(26)28-15-16-5-3-2-4-6-16/h2-10,13,20-21H,11-12,14-15H2,1H3. The van der Waals surface area contributed by atoms with E-state index < -0.39 is 0 Å². The Morgan fingerprint density at radius 2 is 1.79 bits per heavy atom. The molecule has 2 bridgehead atoms. The molecule has 1 saturated heterocycles. The van der Waals surface area contributed by atoms with Crippen LogP contribution in [-0.4, -0.2) is 36.2 Å². The second kappa shape index (κ2) is 7.89. The molecule has 1 amide bonds. The number of hydrogen-bond donors (Lipinski definition) is 0. The van der Waals surface area contributed by atoms with Crippen LogP contribution in [0.2, 0.25) is 0 Å². The molecule has 28 heavy (non-hydrogen) atoms. The number of carbonyl (C=O) groups is 2. The van der Waals surface area contributed by atoms with E-state index in [9.17, 15) is 9.59 Å². The normalized spacial score (nSPS) is 20.5. The first-order valence-corrected chi connectivity index (χ1v) is 9.54. The molecule has 0 spiro atoms. The van der Waals surface area contributed by atoms with Gasteiger partial charge in [0.2, 0.25) is 0 Å². The fraction of sp³-hybridized carbons (Fsp3) is 0.304. The number of hydrogen-bond acceptors (Lipinski definition) is 4. The number of benzene rings is 2. The predicted octanol–water partition coefficient (Wildman–Crippen LogP) is 4.43. The quantitative estimate of drug-likeness (QED) is 0.740. The van der Waals surface area contributed by atoms with Gasteiger partial charge in [-0.25, -0.2) is 9.59 Å². The summed E-state index contributed by atoms with van der Waals surface area (Å²) in [5.41, 5.74) is 3.83. The first-order chi connectivity index (χ1) is 13.7. The highest BCUT2D eigenvalue weighted by molar-refractivity contribution is 5.89. The number of nitrogens with zero attached hydrogens (tertiary/aromatic N) is 1. The Morgan fingerprint density at radius 1 is 1.04 bits per heavy atom. The van der Waals surface area contributed by atoms with Crippen LogP contribution < -0.4 is 0 Å². The molecular formula is C23H23NO4. The van der Waals surface area contributed by atoms with Crippen molar-refractivity contribution >= 4 is 17.6 Å². The fourth-order valence-electron chi connectivity index (χ4n) is 4.06. The second-order valence-corrected chi connectivity index (χ2v) is 7.21. The summed E-state index contributed by atoms with van der Waals surface area (Å²) in [5.74, 6) is -0.337. The molecule has 2 aliphatic rings. The molecule has 0 N–H and O–H groups in total. The van der Waals surface area contributed by atoms with E-state index in [0.717, 1.165) is 30.4 Å². The lowest BCUT2D eigenvalue weighted by molar-refractivity contribution is 0.0600. The molecule has 144 valence electrons. The molecule has 2 aromatic carbocycles. The van der Waals surface area contributed by atoms with Crippen molar-refractivity contribution in [3.8, 4) is 0 Å².